The second-order valence-corrected chi connectivity index (χ2v) is 13.9. The molecule has 0 saturated heterocycles. The van der Waals surface area contributed by atoms with Crippen molar-refractivity contribution in [2.75, 3.05) is 0 Å². The zero-order chi connectivity index (χ0) is 32.1. The molecule has 0 N–H and O–H groups in total. The van der Waals surface area contributed by atoms with Gasteiger partial charge in [0.25, 0.3) is 0 Å². The van der Waals surface area contributed by atoms with Gasteiger partial charge in [0.1, 0.15) is 22.5 Å². The standard InChI is InChI=1S/C46H26O2S/c1-2-11-27(12-3-1)39-23-29-24-41-38(26-40(29)47-39)36-18-10-19-37(46(36)48-41)45-34-16-6-4-14-32(34)44(33-15-5-7-17-35(33)45)28-21-22-31-30-13-8-9-20-42(30)49-43(31)25-28/h1-26H. The molecule has 3 aromatic heterocycles. The lowest BCUT2D eigenvalue weighted by Gasteiger charge is -2.18. The van der Waals surface area contributed by atoms with Gasteiger partial charge in [-0.05, 0) is 63.0 Å². The number of rotatable bonds is 3. The fourth-order valence-corrected chi connectivity index (χ4v) is 9.03. The average molecular weight is 643 g/mol. The zero-order valence-corrected chi connectivity index (χ0v) is 27.1. The average Bonchev–Trinajstić information content (AvgIpc) is 3.85. The smallest absolute Gasteiger partial charge is 0.143 e. The number of fused-ring (bicyclic) bond motifs is 9. The van der Waals surface area contributed by atoms with Gasteiger partial charge in [-0.3, -0.25) is 0 Å². The first kappa shape index (κ1) is 26.9. The summed E-state index contributed by atoms with van der Waals surface area (Å²) in [6, 6.07) is 56.5. The summed E-state index contributed by atoms with van der Waals surface area (Å²) in [5, 5.41) is 10.7. The highest BCUT2D eigenvalue weighted by Crippen LogP contribution is 2.48. The molecule has 49 heavy (non-hydrogen) atoms. The first-order valence-corrected chi connectivity index (χ1v) is 17.4. The third kappa shape index (κ3) is 3.94. The molecule has 0 aliphatic carbocycles. The summed E-state index contributed by atoms with van der Waals surface area (Å²) in [7, 11) is 0. The van der Waals surface area contributed by atoms with Gasteiger partial charge in [-0.2, -0.15) is 0 Å². The molecule has 3 heteroatoms. The van der Waals surface area contributed by atoms with E-state index in [-0.39, 0.29) is 0 Å². The number of thiophene rings is 1. The van der Waals surface area contributed by atoms with Gasteiger partial charge in [0.2, 0.25) is 0 Å². The summed E-state index contributed by atoms with van der Waals surface area (Å²) in [6.45, 7) is 0. The van der Waals surface area contributed by atoms with Gasteiger partial charge in [-0.1, -0.05) is 127 Å². The van der Waals surface area contributed by atoms with Gasteiger partial charge in [0.05, 0.1) is 0 Å². The van der Waals surface area contributed by atoms with Gasteiger partial charge in [-0.25, -0.2) is 0 Å². The van der Waals surface area contributed by atoms with Crippen LogP contribution in [0.4, 0.5) is 0 Å². The van der Waals surface area contributed by atoms with Crippen molar-refractivity contribution in [1.29, 1.82) is 0 Å². The van der Waals surface area contributed by atoms with E-state index >= 15 is 0 Å². The Balaban J connectivity index is 1.16. The lowest BCUT2D eigenvalue weighted by Crippen LogP contribution is -1.91. The monoisotopic (exact) mass is 642 g/mol. The van der Waals surface area contributed by atoms with E-state index in [9.17, 15) is 0 Å². The third-order valence-corrected chi connectivity index (χ3v) is 11.2. The highest BCUT2D eigenvalue weighted by Gasteiger charge is 2.21. The van der Waals surface area contributed by atoms with Crippen molar-refractivity contribution < 1.29 is 8.83 Å². The minimum atomic E-state index is 0.857. The molecule has 8 aromatic carbocycles. The van der Waals surface area contributed by atoms with E-state index in [2.05, 4.69) is 140 Å². The van der Waals surface area contributed by atoms with E-state index in [1.807, 2.05) is 29.5 Å². The van der Waals surface area contributed by atoms with Crippen LogP contribution in [0, 0.1) is 0 Å². The van der Waals surface area contributed by atoms with Crippen molar-refractivity contribution in [1.82, 2.24) is 0 Å². The topological polar surface area (TPSA) is 26.3 Å². The molecular formula is C46H26O2S. The van der Waals surface area contributed by atoms with E-state index in [1.165, 1.54) is 58.4 Å². The molecule has 0 saturated carbocycles. The molecule has 3 heterocycles. The van der Waals surface area contributed by atoms with Crippen molar-refractivity contribution in [2.45, 2.75) is 0 Å². The molecule has 0 fully saturated rings. The fourth-order valence-electron chi connectivity index (χ4n) is 7.88. The van der Waals surface area contributed by atoms with Gasteiger partial charge in [-0.15, -0.1) is 11.3 Å². The van der Waals surface area contributed by atoms with Crippen molar-refractivity contribution in [3.63, 3.8) is 0 Å². The molecule has 0 aliphatic heterocycles. The van der Waals surface area contributed by atoms with Crippen LogP contribution in [0.25, 0.3) is 108 Å². The predicted molar refractivity (Wildman–Crippen MR) is 208 cm³/mol. The maximum atomic E-state index is 6.81. The van der Waals surface area contributed by atoms with Gasteiger partial charge < -0.3 is 8.83 Å². The summed E-state index contributed by atoms with van der Waals surface area (Å²) in [4.78, 5) is 0. The highest BCUT2D eigenvalue weighted by atomic mass is 32.1. The molecule has 0 aliphatic rings. The largest absolute Gasteiger partial charge is 0.456 e. The molecule has 0 unspecified atom stereocenters. The van der Waals surface area contributed by atoms with Crippen molar-refractivity contribution in [3.8, 4) is 33.6 Å². The lowest BCUT2D eigenvalue weighted by atomic mass is 9.85. The minimum absolute atomic E-state index is 0.857. The lowest BCUT2D eigenvalue weighted by molar-refractivity contribution is 0.631. The van der Waals surface area contributed by atoms with E-state index in [0.29, 0.717) is 0 Å². The maximum Gasteiger partial charge on any atom is 0.143 e. The van der Waals surface area contributed by atoms with Gasteiger partial charge in [0.15, 0.2) is 0 Å². The fraction of sp³-hybridized carbons (Fsp3) is 0. The number of furan rings is 2. The molecule has 0 amide bonds. The Bertz CT molecular complexity index is 3050. The Morgan fingerprint density at radius 3 is 1.80 bits per heavy atom. The normalized spacial score (nSPS) is 12.1. The number of hydrogen-bond donors (Lipinski definition) is 0. The van der Waals surface area contributed by atoms with Gasteiger partial charge in [0, 0.05) is 53.0 Å². The minimum Gasteiger partial charge on any atom is -0.456 e. The molecule has 11 rings (SSSR count). The molecule has 0 radical (unpaired) electrons. The second-order valence-electron chi connectivity index (χ2n) is 12.8. The SMILES string of the molecule is c1ccc(-c2cc3cc4oc5c(-c6c7ccccc7c(-c7ccc8c(c7)sc7ccccc78)c7ccccc67)cccc5c4cc3o2)cc1. The van der Waals surface area contributed by atoms with Crippen LogP contribution in [0.15, 0.2) is 167 Å². The Morgan fingerprint density at radius 1 is 0.367 bits per heavy atom. The summed E-state index contributed by atoms with van der Waals surface area (Å²) in [5.41, 5.74) is 8.45. The molecule has 0 bridgehead atoms. The summed E-state index contributed by atoms with van der Waals surface area (Å²) in [5.74, 6) is 0.859. The molecule has 2 nitrogen and oxygen atoms in total. The van der Waals surface area contributed by atoms with Crippen LogP contribution in [-0.2, 0) is 0 Å². The van der Waals surface area contributed by atoms with Gasteiger partial charge >= 0.3 is 0 Å². The summed E-state index contributed by atoms with van der Waals surface area (Å²) in [6.07, 6.45) is 0. The van der Waals surface area contributed by atoms with Crippen LogP contribution in [0.5, 0.6) is 0 Å². The van der Waals surface area contributed by atoms with Crippen LogP contribution in [-0.4, -0.2) is 0 Å². The number of hydrogen-bond acceptors (Lipinski definition) is 3. The Kier molecular flexibility index (Phi) is 5.57. The van der Waals surface area contributed by atoms with Crippen LogP contribution >= 0.6 is 11.3 Å². The van der Waals surface area contributed by atoms with Crippen LogP contribution in [0.3, 0.4) is 0 Å². The van der Waals surface area contributed by atoms with Crippen LogP contribution < -0.4 is 0 Å². The Hall–Kier alpha value is -6.16. The predicted octanol–water partition coefficient (Wildman–Crippen LogP) is 14.0. The number of para-hydroxylation sites is 1. The summed E-state index contributed by atoms with van der Waals surface area (Å²) >= 11 is 1.87. The van der Waals surface area contributed by atoms with Crippen molar-refractivity contribution in [3.05, 3.63) is 158 Å². The Morgan fingerprint density at radius 2 is 1.02 bits per heavy atom. The Labute approximate surface area is 285 Å². The molecular weight excluding hydrogens is 617 g/mol. The molecule has 0 spiro atoms. The van der Waals surface area contributed by atoms with E-state index in [4.69, 9.17) is 8.83 Å². The maximum absolute atomic E-state index is 6.81. The second kappa shape index (κ2) is 10.2. The first-order valence-electron chi connectivity index (χ1n) is 16.6. The third-order valence-electron chi connectivity index (χ3n) is 10.1. The highest BCUT2D eigenvalue weighted by molar-refractivity contribution is 7.25. The first-order chi connectivity index (χ1) is 24.3. The number of benzene rings is 8. The van der Waals surface area contributed by atoms with Crippen molar-refractivity contribution in [2.24, 2.45) is 0 Å². The molecule has 0 atom stereocenters. The van der Waals surface area contributed by atoms with E-state index in [0.717, 1.165) is 49.8 Å². The van der Waals surface area contributed by atoms with Crippen LogP contribution in [0.1, 0.15) is 0 Å². The van der Waals surface area contributed by atoms with E-state index < -0.39 is 0 Å². The quantitative estimate of drug-likeness (QED) is 0.179. The zero-order valence-electron chi connectivity index (χ0n) is 26.2. The van der Waals surface area contributed by atoms with Crippen LogP contribution in [0.2, 0.25) is 0 Å². The van der Waals surface area contributed by atoms with E-state index in [1.54, 1.807) is 0 Å². The summed E-state index contributed by atoms with van der Waals surface area (Å²) < 4.78 is 15.8. The van der Waals surface area contributed by atoms with Crippen molar-refractivity contribution >= 4 is 86.0 Å². The molecule has 228 valence electrons. The molecule has 11 aromatic rings.